The fourth-order valence-corrected chi connectivity index (χ4v) is 3.29. The highest BCUT2D eigenvalue weighted by molar-refractivity contribution is 5.76. The van der Waals surface area contributed by atoms with Crippen LogP contribution in [0.4, 0.5) is 4.39 Å². The largest absolute Gasteiger partial charge is 0.491 e. The minimum absolute atomic E-state index is 0.0340. The standard InChI is InChI=1S/C19H21FN2O3/c1-25-17-6-4-11-21(19(17)24)13-18(23)22-12-3-2-5-16(22)14-7-9-15(20)10-8-14/h4,6-11,16H,2-3,5,12-13H2,1H3/t16-/m1/s1. The molecule has 0 bridgehead atoms. The minimum Gasteiger partial charge on any atom is -0.491 e. The number of ether oxygens (including phenoxy) is 1. The first kappa shape index (κ1) is 17.2. The summed E-state index contributed by atoms with van der Waals surface area (Å²) in [5.41, 5.74) is 0.598. The number of hydrogen-bond acceptors (Lipinski definition) is 3. The molecule has 1 aromatic carbocycles. The van der Waals surface area contributed by atoms with Gasteiger partial charge in [-0.25, -0.2) is 4.39 Å². The molecule has 0 N–H and O–H groups in total. The van der Waals surface area contributed by atoms with Crippen molar-refractivity contribution in [1.82, 2.24) is 9.47 Å². The van der Waals surface area contributed by atoms with Gasteiger partial charge in [0.25, 0.3) is 5.56 Å². The lowest BCUT2D eigenvalue weighted by molar-refractivity contribution is -0.135. The summed E-state index contributed by atoms with van der Waals surface area (Å²) in [6.07, 6.45) is 4.37. The Balaban J connectivity index is 1.82. The van der Waals surface area contributed by atoms with Gasteiger partial charge in [0, 0.05) is 12.7 Å². The van der Waals surface area contributed by atoms with E-state index in [1.165, 1.54) is 23.8 Å². The molecule has 2 heterocycles. The van der Waals surface area contributed by atoms with E-state index in [4.69, 9.17) is 4.74 Å². The second kappa shape index (κ2) is 7.51. The molecule has 0 radical (unpaired) electrons. The summed E-state index contributed by atoms with van der Waals surface area (Å²) in [6, 6.07) is 9.46. The van der Waals surface area contributed by atoms with Crippen LogP contribution in [0.15, 0.2) is 47.4 Å². The van der Waals surface area contributed by atoms with Gasteiger partial charge in [-0.05, 0) is 49.1 Å². The van der Waals surface area contributed by atoms with Gasteiger partial charge in [0.05, 0.1) is 13.2 Å². The van der Waals surface area contributed by atoms with Crippen molar-refractivity contribution in [2.24, 2.45) is 0 Å². The number of nitrogens with zero attached hydrogens (tertiary/aromatic N) is 2. The van der Waals surface area contributed by atoms with Crippen LogP contribution in [-0.4, -0.2) is 29.0 Å². The van der Waals surface area contributed by atoms with E-state index < -0.39 is 0 Å². The summed E-state index contributed by atoms with van der Waals surface area (Å²) in [5, 5.41) is 0. The average molecular weight is 344 g/mol. The third kappa shape index (κ3) is 3.73. The molecule has 5 nitrogen and oxygen atoms in total. The highest BCUT2D eigenvalue weighted by atomic mass is 19.1. The number of likely N-dealkylation sites (tertiary alicyclic amines) is 1. The molecule has 1 aromatic heterocycles. The van der Waals surface area contributed by atoms with Gasteiger partial charge < -0.3 is 14.2 Å². The van der Waals surface area contributed by atoms with E-state index >= 15 is 0 Å². The van der Waals surface area contributed by atoms with Crippen LogP contribution in [0.3, 0.4) is 0 Å². The summed E-state index contributed by atoms with van der Waals surface area (Å²) in [7, 11) is 1.43. The predicted octanol–water partition coefficient (Wildman–Crippen LogP) is 2.75. The number of pyridine rings is 1. The first-order chi connectivity index (χ1) is 12.1. The number of benzene rings is 1. The van der Waals surface area contributed by atoms with E-state index in [9.17, 15) is 14.0 Å². The number of methoxy groups -OCH3 is 1. The smallest absolute Gasteiger partial charge is 0.293 e. The lowest BCUT2D eigenvalue weighted by Crippen LogP contribution is -2.41. The molecule has 1 fully saturated rings. The Morgan fingerprint density at radius 3 is 2.72 bits per heavy atom. The molecule has 1 aliphatic heterocycles. The van der Waals surface area contributed by atoms with Crippen LogP contribution < -0.4 is 10.3 Å². The van der Waals surface area contributed by atoms with E-state index in [-0.39, 0.29) is 35.6 Å². The Kier molecular flexibility index (Phi) is 5.16. The number of carbonyl (C=O) groups excluding carboxylic acids is 1. The van der Waals surface area contributed by atoms with Crippen LogP contribution in [-0.2, 0) is 11.3 Å². The Morgan fingerprint density at radius 1 is 1.24 bits per heavy atom. The van der Waals surface area contributed by atoms with Gasteiger partial charge in [-0.2, -0.15) is 0 Å². The third-order valence-electron chi connectivity index (χ3n) is 4.59. The molecule has 1 atom stereocenters. The van der Waals surface area contributed by atoms with Crippen molar-refractivity contribution in [1.29, 1.82) is 0 Å². The van der Waals surface area contributed by atoms with Crippen molar-refractivity contribution in [2.75, 3.05) is 13.7 Å². The van der Waals surface area contributed by atoms with E-state index in [2.05, 4.69) is 0 Å². The Morgan fingerprint density at radius 2 is 2.00 bits per heavy atom. The number of piperidine rings is 1. The minimum atomic E-state index is -0.325. The van der Waals surface area contributed by atoms with E-state index in [0.29, 0.717) is 6.54 Å². The van der Waals surface area contributed by atoms with Crippen LogP contribution in [0.5, 0.6) is 5.75 Å². The molecule has 132 valence electrons. The maximum atomic E-state index is 13.2. The first-order valence-electron chi connectivity index (χ1n) is 8.38. The molecule has 1 saturated heterocycles. The molecular formula is C19H21FN2O3. The number of hydrogen-bond donors (Lipinski definition) is 0. The molecule has 0 spiro atoms. The third-order valence-corrected chi connectivity index (χ3v) is 4.59. The molecule has 25 heavy (non-hydrogen) atoms. The monoisotopic (exact) mass is 344 g/mol. The normalized spacial score (nSPS) is 17.4. The highest BCUT2D eigenvalue weighted by Crippen LogP contribution is 2.31. The molecule has 0 aliphatic carbocycles. The molecule has 1 amide bonds. The molecule has 6 heteroatoms. The second-order valence-electron chi connectivity index (χ2n) is 6.16. The zero-order valence-corrected chi connectivity index (χ0v) is 14.2. The summed E-state index contributed by atoms with van der Waals surface area (Å²) < 4.78 is 19.6. The molecule has 3 rings (SSSR count). The molecule has 2 aromatic rings. The summed E-state index contributed by atoms with van der Waals surface area (Å²) in [4.78, 5) is 26.8. The van der Waals surface area contributed by atoms with Gasteiger partial charge in [-0.15, -0.1) is 0 Å². The van der Waals surface area contributed by atoms with E-state index in [1.54, 1.807) is 35.4 Å². The van der Waals surface area contributed by atoms with Crippen molar-refractivity contribution < 1.29 is 13.9 Å². The van der Waals surface area contributed by atoms with E-state index in [1.807, 2.05) is 0 Å². The highest BCUT2D eigenvalue weighted by Gasteiger charge is 2.28. The van der Waals surface area contributed by atoms with Gasteiger partial charge >= 0.3 is 0 Å². The lowest BCUT2D eigenvalue weighted by atomic mass is 9.95. The summed E-state index contributed by atoms with van der Waals surface area (Å²) in [5.74, 6) is -0.200. The fourth-order valence-electron chi connectivity index (χ4n) is 3.29. The van der Waals surface area contributed by atoms with Gasteiger partial charge in [0.1, 0.15) is 12.4 Å². The summed E-state index contributed by atoms with van der Waals surface area (Å²) in [6.45, 7) is 0.604. The average Bonchev–Trinajstić information content (AvgIpc) is 2.64. The van der Waals surface area contributed by atoms with Gasteiger partial charge in [0.2, 0.25) is 5.91 Å². The lowest BCUT2D eigenvalue weighted by Gasteiger charge is -2.36. The second-order valence-corrected chi connectivity index (χ2v) is 6.16. The molecule has 0 saturated carbocycles. The Bertz CT molecular complexity index is 801. The molecule has 1 aliphatic rings. The Hall–Kier alpha value is -2.63. The van der Waals surface area contributed by atoms with Crippen LogP contribution in [0.2, 0.25) is 0 Å². The van der Waals surface area contributed by atoms with Crippen LogP contribution in [0.25, 0.3) is 0 Å². The van der Waals surface area contributed by atoms with Gasteiger partial charge in [0.15, 0.2) is 5.75 Å². The number of amides is 1. The summed E-state index contributed by atoms with van der Waals surface area (Å²) >= 11 is 0. The number of halogens is 1. The van der Waals surface area contributed by atoms with Gasteiger partial charge in [-0.1, -0.05) is 12.1 Å². The number of rotatable bonds is 4. The van der Waals surface area contributed by atoms with Crippen molar-refractivity contribution in [3.8, 4) is 5.75 Å². The van der Waals surface area contributed by atoms with Crippen molar-refractivity contribution in [2.45, 2.75) is 31.8 Å². The van der Waals surface area contributed by atoms with Crippen molar-refractivity contribution in [3.63, 3.8) is 0 Å². The maximum Gasteiger partial charge on any atom is 0.293 e. The van der Waals surface area contributed by atoms with Crippen molar-refractivity contribution >= 4 is 5.91 Å². The maximum absolute atomic E-state index is 13.2. The zero-order valence-electron chi connectivity index (χ0n) is 14.2. The predicted molar refractivity (Wildman–Crippen MR) is 92.0 cm³/mol. The quantitative estimate of drug-likeness (QED) is 0.857. The van der Waals surface area contributed by atoms with Crippen LogP contribution >= 0.6 is 0 Å². The van der Waals surface area contributed by atoms with Crippen molar-refractivity contribution in [3.05, 3.63) is 64.3 Å². The van der Waals surface area contributed by atoms with E-state index in [0.717, 1.165) is 24.8 Å². The first-order valence-corrected chi connectivity index (χ1v) is 8.38. The van der Waals surface area contributed by atoms with Crippen LogP contribution in [0, 0.1) is 5.82 Å². The zero-order chi connectivity index (χ0) is 17.8. The SMILES string of the molecule is COc1cccn(CC(=O)N2CCCC[C@@H]2c2ccc(F)cc2)c1=O. The van der Waals surface area contributed by atoms with Crippen LogP contribution in [0.1, 0.15) is 30.9 Å². The molecule has 0 unspecified atom stereocenters. The molecular weight excluding hydrogens is 323 g/mol. The fraction of sp³-hybridized carbons (Fsp3) is 0.368. The number of carbonyl (C=O) groups is 1. The van der Waals surface area contributed by atoms with Gasteiger partial charge in [-0.3, -0.25) is 9.59 Å². The number of aromatic nitrogens is 1. The Labute approximate surface area is 145 Å². The topological polar surface area (TPSA) is 51.5 Å².